The first-order chi connectivity index (χ1) is 8.44. The molecule has 0 rings (SSSR count). The van der Waals surface area contributed by atoms with E-state index in [1.165, 1.54) is 31.9 Å². The van der Waals surface area contributed by atoms with Crippen molar-refractivity contribution < 1.29 is 8.42 Å². The van der Waals surface area contributed by atoms with Crippen LogP contribution in [0.5, 0.6) is 0 Å². The molecule has 3 nitrogen and oxygen atoms in total. The molecule has 0 aliphatic heterocycles. The van der Waals surface area contributed by atoms with Crippen LogP contribution in [0.4, 0.5) is 0 Å². The molecule has 0 aliphatic rings. The Labute approximate surface area is 114 Å². The molecule has 0 spiro atoms. The first-order valence-electron chi connectivity index (χ1n) is 7.35. The first-order valence-corrected chi connectivity index (χ1v) is 9.41. The predicted octanol–water partition coefficient (Wildman–Crippen LogP) is 3.01. The number of hydrogen-bond acceptors (Lipinski definition) is 3. The van der Waals surface area contributed by atoms with Crippen LogP contribution in [-0.4, -0.2) is 33.0 Å². The lowest BCUT2D eigenvalue weighted by atomic mass is 9.88. The average molecular weight is 277 g/mol. The molecule has 0 aromatic heterocycles. The fraction of sp³-hybridized carbons (Fsp3) is 1.00. The molecule has 2 atom stereocenters. The first kappa shape index (κ1) is 17.9. The molecule has 0 aromatic rings. The second-order valence-electron chi connectivity index (χ2n) is 5.25. The lowest BCUT2D eigenvalue weighted by Gasteiger charge is -2.27. The molecule has 0 amide bonds. The van der Waals surface area contributed by atoms with E-state index >= 15 is 0 Å². The van der Waals surface area contributed by atoms with Gasteiger partial charge in [0.15, 0.2) is 0 Å². The highest BCUT2D eigenvalue weighted by atomic mass is 32.2. The van der Waals surface area contributed by atoms with Crippen molar-refractivity contribution in [3.63, 3.8) is 0 Å². The van der Waals surface area contributed by atoms with Crippen LogP contribution in [0, 0.1) is 5.92 Å². The molecular weight excluding hydrogens is 246 g/mol. The molecule has 0 radical (unpaired) electrons. The number of hydrogen-bond donors (Lipinski definition) is 1. The SMILES string of the molecule is CCCCC(CC)C(CCCS(C)(=O)=O)NCC. The van der Waals surface area contributed by atoms with Crippen molar-refractivity contribution in [3.05, 3.63) is 0 Å². The van der Waals surface area contributed by atoms with Crippen LogP contribution in [-0.2, 0) is 9.84 Å². The Morgan fingerprint density at radius 2 is 1.72 bits per heavy atom. The minimum absolute atomic E-state index is 0.319. The van der Waals surface area contributed by atoms with Gasteiger partial charge in [-0.2, -0.15) is 0 Å². The van der Waals surface area contributed by atoms with E-state index < -0.39 is 9.84 Å². The van der Waals surface area contributed by atoms with E-state index in [1.807, 2.05) is 0 Å². The molecular formula is C14H31NO2S. The van der Waals surface area contributed by atoms with Gasteiger partial charge in [-0.05, 0) is 31.7 Å². The van der Waals surface area contributed by atoms with E-state index in [0.717, 1.165) is 19.4 Å². The number of unbranched alkanes of at least 4 members (excludes halogenated alkanes) is 1. The van der Waals surface area contributed by atoms with E-state index in [0.29, 0.717) is 17.7 Å². The van der Waals surface area contributed by atoms with Gasteiger partial charge < -0.3 is 5.32 Å². The highest BCUT2D eigenvalue weighted by Gasteiger charge is 2.18. The molecule has 0 saturated carbocycles. The smallest absolute Gasteiger partial charge is 0.147 e. The number of sulfone groups is 1. The summed E-state index contributed by atoms with van der Waals surface area (Å²) in [5.74, 6) is 1.00. The zero-order chi connectivity index (χ0) is 14.0. The van der Waals surface area contributed by atoms with E-state index in [9.17, 15) is 8.42 Å². The summed E-state index contributed by atoms with van der Waals surface area (Å²) in [6.07, 6.45) is 8.01. The third-order valence-corrected chi connectivity index (χ3v) is 4.55. The lowest BCUT2D eigenvalue weighted by Crippen LogP contribution is -2.36. The van der Waals surface area contributed by atoms with Crippen LogP contribution in [0.2, 0.25) is 0 Å². The van der Waals surface area contributed by atoms with Gasteiger partial charge in [-0.15, -0.1) is 0 Å². The van der Waals surface area contributed by atoms with Crippen LogP contribution in [0.15, 0.2) is 0 Å². The summed E-state index contributed by atoms with van der Waals surface area (Å²) in [7, 11) is -2.81. The van der Waals surface area contributed by atoms with Crippen LogP contribution in [0.25, 0.3) is 0 Å². The predicted molar refractivity (Wildman–Crippen MR) is 79.7 cm³/mol. The van der Waals surface area contributed by atoms with Gasteiger partial charge in [-0.1, -0.05) is 40.0 Å². The molecule has 4 heteroatoms. The lowest BCUT2D eigenvalue weighted by molar-refractivity contribution is 0.305. The highest BCUT2D eigenvalue weighted by molar-refractivity contribution is 7.90. The molecule has 0 saturated heterocycles. The summed E-state index contributed by atoms with van der Waals surface area (Å²) < 4.78 is 22.3. The van der Waals surface area contributed by atoms with Crippen LogP contribution >= 0.6 is 0 Å². The van der Waals surface area contributed by atoms with Gasteiger partial charge in [0, 0.05) is 18.1 Å². The quantitative estimate of drug-likeness (QED) is 0.631. The Hall–Kier alpha value is -0.0900. The second kappa shape index (κ2) is 9.79. The summed E-state index contributed by atoms with van der Waals surface area (Å²) in [5, 5.41) is 3.53. The number of rotatable bonds is 11. The monoisotopic (exact) mass is 277 g/mol. The Morgan fingerprint density at radius 1 is 1.06 bits per heavy atom. The molecule has 0 bridgehead atoms. The van der Waals surface area contributed by atoms with Gasteiger partial charge >= 0.3 is 0 Å². The van der Waals surface area contributed by atoms with Crippen molar-refractivity contribution >= 4 is 9.84 Å². The maximum Gasteiger partial charge on any atom is 0.147 e. The average Bonchev–Trinajstić information content (AvgIpc) is 2.28. The van der Waals surface area contributed by atoms with Crippen LogP contribution < -0.4 is 5.32 Å². The van der Waals surface area contributed by atoms with Gasteiger partial charge in [0.05, 0.1) is 0 Å². The van der Waals surface area contributed by atoms with Crippen molar-refractivity contribution in [2.24, 2.45) is 5.92 Å². The minimum Gasteiger partial charge on any atom is -0.314 e. The molecule has 0 fully saturated rings. The molecule has 0 heterocycles. The fourth-order valence-electron chi connectivity index (χ4n) is 2.49. The molecule has 0 aromatic carbocycles. The van der Waals surface area contributed by atoms with Crippen molar-refractivity contribution in [2.75, 3.05) is 18.6 Å². The summed E-state index contributed by atoms with van der Waals surface area (Å²) in [5.41, 5.74) is 0. The normalized spacial score (nSPS) is 15.6. The maximum atomic E-state index is 11.2. The van der Waals surface area contributed by atoms with Gasteiger partial charge in [0.25, 0.3) is 0 Å². The highest BCUT2D eigenvalue weighted by Crippen LogP contribution is 2.20. The second-order valence-corrected chi connectivity index (χ2v) is 7.51. The summed E-state index contributed by atoms with van der Waals surface area (Å²) in [4.78, 5) is 0. The zero-order valence-electron chi connectivity index (χ0n) is 12.5. The third-order valence-electron chi connectivity index (χ3n) is 3.52. The van der Waals surface area contributed by atoms with E-state index in [-0.39, 0.29) is 0 Å². The molecule has 2 unspecified atom stereocenters. The van der Waals surface area contributed by atoms with Gasteiger partial charge in [0.2, 0.25) is 0 Å². The summed E-state index contributed by atoms with van der Waals surface area (Å²) in [6.45, 7) is 7.54. The summed E-state index contributed by atoms with van der Waals surface area (Å²) >= 11 is 0. The minimum atomic E-state index is -2.81. The van der Waals surface area contributed by atoms with Crippen molar-refractivity contribution in [1.82, 2.24) is 5.32 Å². The Morgan fingerprint density at radius 3 is 2.17 bits per heavy atom. The van der Waals surface area contributed by atoms with Gasteiger partial charge in [0.1, 0.15) is 9.84 Å². The fourth-order valence-corrected chi connectivity index (χ4v) is 3.18. The van der Waals surface area contributed by atoms with Crippen LogP contribution in [0.3, 0.4) is 0 Å². The van der Waals surface area contributed by atoms with Crippen molar-refractivity contribution in [3.8, 4) is 0 Å². The Balaban J connectivity index is 4.24. The van der Waals surface area contributed by atoms with Gasteiger partial charge in [-0.25, -0.2) is 8.42 Å². The van der Waals surface area contributed by atoms with Crippen molar-refractivity contribution in [1.29, 1.82) is 0 Å². The summed E-state index contributed by atoms with van der Waals surface area (Å²) in [6, 6.07) is 0.480. The molecule has 0 aliphatic carbocycles. The Bertz CT molecular complexity index is 288. The van der Waals surface area contributed by atoms with Gasteiger partial charge in [-0.3, -0.25) is 0 Å². The third kappa shape index (κ3) is 8.92. The maximum absolute atomic E-state index is 11.2. The topological polar surface area (TPSA) is 46.2 Å². The standard InChI is InChI=1S/C14H31NO2S/c1-5-8-10-13(6-2)14(15-7-3)11-9-12-18(4,16)17/h13-15H,5-12H2,1-4H3. The molecule has 110 valence electrons. The van der Waals surface area contributed by atoms with E-state index in [4.69, 9.17) is 0 Å². The number of nitrogens with one attached hydrogen (secondary N) is 1. The van der Waals surface area contributed by atoms with Crippen molar-refractivity contribution in [2.45, 2.75) is 65.3 Å². The zero-order valence-corrected chi connectivity index (χ0v) is 13.4. The molecule has 1 N–H and O–H groups in total. The van der Waals surface area contributed by atoms with E-state index in [1.54, 1.807) is 0 Å². The van der Waals surface area contributed by atoms with Crippen LogP contribution in [0.1, 0.15) is 59.3 Å². The largest absolute Gasteiger partial charge is 0.314 e. The van der Waals surface area contributed by atoms with E-state index in [2.05, 4.69) is 26.1 Å². The molecule has 18 heavy (non-hydrogen) atoms. The Kier molecular flexibility index (Phi) is 9.74.